The van der Waals surface area contributed by atoms with Gasteiger partial charge in [0.05, 0.1) is 25.4 Å². The average Bonchev–Trinajstić information content (AvgIpc) is 2.66. The number of methoxy groups -OCH3 is 1. The van der Waals surface area contributed by atoms with Crippen LogP contribution in [0.3, 0.4) is 0 Å². The molecule has 0 aliphatic carbocycles. The summed E-state index contributed by atoms with van der Waals surface area (Å²) in [4.78, 5) is 11.1. The highest BCUT2D eigenvalue weighted by molar-refractivity contribution is 5.82. The topological polar surface area (TPSA) is 65.0 Å². The number of ether oxygens (including phenoxy) is 3. The molecule has 1 fully saturated rings. The standard InChI is InChI=1S/C22H34O5/c1-7-18-12-13-22(26-17(18)5)16(4)20(24)15(3)21(27-22)14(2)10-8-9-11-19(23)25-6/h8-18,20-21,24H,7H2,1-6H3/b10-8+,11-9+/t14-,15-,16-,17+,18-,20+,21-,22+/m0/s1. The van der Waals surface area contributed by atoms with Crippen molar-refractivity contribution >= 4 is 5.97 Å². The summed E-state index contributed by atoms with van der Waals surface area (Å²) in [5.74, 6) is -1.08. The molecule has 8 atom stereocenters. The molecule has 2 aliphatic heterocycles. The number of aliphatic hydroxyl groups excluding tert-OH is 1. The van der Waals surface area contributed by atoms with Crippen molar-refractivity contribution in [3.8, 4) is 0 Å². The molecule has 152 valence electrons. The summed E-state index contributed by atoms with van der Waals surface area (Å²) in [7, 11) is 1.35. The summed E-state index contributed by atoms with van der Waals surface area (Å²) < 4.78 is 17.4. The van der Waals surface area contributed by atoms with Gasteiger partial charge in [0.15, 0.2) is 5.79 Å². The Kier molecular flexibility index (Phi) is 7.43. The van der Waals surface area contributed by atoms with Crippen LogP contribution in [0.2, 0.25) is 0 Å². The summed E-state index contributed by atoms with van der Waals surface area (Å²) in [6, 6.07) is 0. The van der Waals surface area contributed by atoms with Crippen molar-refractivity contribution in [3.05, 3.63) is 36.5 Å². The Morgan fingerprint density at radius 2 is 2.00 bits per heavy atom. The van der Waals surface area contributed by atoms with Gasteiger partial charge in [-0.25, -0.2) is 4.79 Å². The lowest BCUT2D eigenvalue weighted by Gasteiger charge is -2.53. The maximum Gasteiger partial charge on any atom is 0.330 e. The van der Waals surface area contributed by atoms with Crippen molar-refractivity contribution in [3.63, 3.8) is 0 Å². The maximum absolute atomic E-state index is 11.1. The minimum atomic E-state index is -0.897. The second-order valence-electron chi connectivity index (χ2n) is 7.82. The SMILES string of the molecule is CC[C@H]1C=C[C@]2(O[C@@H]([C@@H](C)/C=C/C=C/C(=O)OC)[C@@H](C)[C@@H](O)[C@@H]2C)O[C@@H]1C. The molecule has 0 aromatic carbocycles. The summed E-state index contributed by atoms with van der Waals surface area (Å²) >= 11 is 0. The Balaban J connectivity index is 2.18. The van der Waals surface area contributed by atoms with Crippen molar-refractivity contribution in [2.75, 3.05) is 7.11 Å². The number of carbonyl (C=O) groups is 1. The first-order chi connectivity index (χ1) is 12.8. The molecule has 0 aromatic heterocycles. The fourth-order valence-electron chi connectivity index (χ4n) is 4.08. The third kappa shape index (κ3) is 4.71. The Labute approximate surface area is 163 Å². The fraction of sp³-hybridized carbons (Fsp3) is 0.682. The van der Waals surface area contributed by atoms with Gasteiger partial charge in [-0.3, -0.25) is 0 Å². The molecule has 1 saturated heterocycles. The lowest BCUT2D eigenvalue weighted by atomic mass is 9.76. The van der Waals surface area contributed by atoms with Crippen LogP contribution in [0.4, 0.5) is 0 Å². The van der Waals surface area contributed by atoms with Gasteiger partial charge in [0.25, 0.3) is 0 Å². The van der Waals surface area contributed by atoms with Crippen LogP contribution < -0.4 is 0 Å². The largest absolute Gasteiger partial charge is 0.466 e. The monoisotopic (exact) mass is 378 g/mol. The van der Waals surface area contributed by atoms with Gasteiger partial charge in [-0.15, -0.1) is 0 Å². The van der Waals surface area contributed by atoms with Crippen molar-refractivity contribution in [1.29, 1.82) is 0 Å². The van der Waals surface area contributed by atoms with Crippen LogP contribution in [0.15, 0.2) is 36.5 Å². The number of allylic oxidation sites excluding steroid dienone is 2. The normalized spacial score (nSPS) is 40.7. The Bertz CT molecular complexity index is 596. The lowest BCUT2D eigenvalue weighted by Crippen LogP contribution is -2.60. The van der Waals surface area contributed by atoms with E-state index >= 15 is 0 Å². The molecule has 5 heteroatoms. The quantitative estimate of drug-likeness (QED) is 0.342. The molecular weight excluding hydrogens is 344 g/mol. The van der Waals surface area contributed by atoms with Gasteiger partial charge in [-0.05, 0) is 19.4 Å². The first-order valence-corrected chi connectivity index (χ1v) is 9.91. The lowest BCUT2D eigenvalue weighted by molar-refractivity contribution is -0.334. The molecule has 1 N–H and O–H groups in total. The number of esters is 1. The van der Waals surface area contributed by atoms with Gasteiger partial charge in [-0.2, -0.15) is 0 Å². The maximum atomic E-state index is 11.1. The van der Waals surface area contributed by atoms with E-state index in [1.807, 2.05) is 39.0 Å². The zero-order chi connectivity index (χ0) is 20.2. The van der Waals surface area contributed by atoms with E-state index in [1.54, 1.807) is 6.08 Å². The molecule has 27 heavy (non-hydrogen) atoms. The highest BCUT2D eigenvalue weighted by Gasteiger charge is 2.53. The molecule has 2 heterocycles. The van der Waals surface area contributed by atoms with Crippen LogP contribution in [-0.4, -0.2) is 42.3 Å². The third-order valence-corrected chi connectivity index (χ3v) is 6.02. The molecule has 0 bridgehead atoms. The molecule has 0 aromatic rings. The van der Waals surface area contributed by atoms with Gasteiger partial charge in [0.2, 0.25) is 0 Å². The van der Waals surface area contributed by atoms with Crippen molar-refractivity contribution in [1.82, 2.24) is 0 Å². The number of aliphatic hydroxyl groups is 1. The predicted molar refractivity (Wildman–Crippen MR) is 105 cm³/mol. The van der Waals surface area contributed by atoms with Gasteiger partial charge in [0, 0.05) is 29.7 Å². The molecule has 5 nitrogen and oxygen atoms in total. The van der Waals surface area contributed by atoms with E-state index in [4.69, 9.17) is 9.47 Å². The van der Waals surface area contributed by atoms with E-state index in [2.05, 4.69) is 24.7 Å². The van der Waals surface area contributed by atoms with Gasteiger partial charge in [-0.1, -0.05) is 52.0 Å². The molecule has 1 spiro atoms. The summed E-state index contributed by atoms with van der Waals surface area (Å²) in [6.45, 7) is 10.3. The zero-order valence-electron chi connectivity index (χ0n) is 17.3. The Morgan fingerprint density at radius 3 is 2.59 bits per heavy atom. The molecule has 2 aliphatic rings. The van der Waals surface area contributed by atoms with Gasteiger partial charge in [0.1, 0.15) is 0 Å². The number of hydrogen-bond donors (Lipinski definition) is 1. The van der Waals surface area contributed by atoms with E-state index in [1.165, 1.54) is 13.2 Å². The van der Waals surface area contributed by atoms with E-state index in [0.29, 0.717) is 5.92 Å². The van der Waals surface area contributed by atoms with Crippen LogP contribution in [0, 0.1) is 23.7 Å². The predicted octanol–water partition coefficient (Wildman–Crippen LogP) is 3.64. The summed E-state index contributed by atoms with van der Waals surface area (Å²) in [5.41, 5.74) is 0. The van der Waals surface area contributed by atoms with E-state index in [0.717, 1.165) is 6.42 Å². The molecule has 0 unspecified atom stereocenters. The van der Waals surface area contributed by atoms with E-state index in [-0.39, 0.29) is 30.0 Å². The minimum absolute atomic E-state index is 0.0360. The summed E-state index contributed by atoms with van der Waals surface area (Å²) in [5, 5.41) is 10.9. The van der Waals surface area contributed by atoms with Crippen LogP contribution in [-0.2, 0) is 19.0 Å². The number of hydrogen-bond acceptors (Lipinski definition) is 5. The molecule has 0 amide bonds. The number of carbonyl (C=O) groups excluding carboxylic acids is 1. The van der Waals surface area contributed by atoms with Crippen molar-refractivity contribution < 1.29 is 24.1 Å². The Morgan fingerprint density at radius 1 is 1.30 bits per heavy atom. The second-order valence-corrected chi connectivity index (χ2v) is 7.82. The highest BCUT2D eigenvalue weighted by Crippen LogP contribution is 2.45. The van der Waals surface area contributed by atoms with Crippen LogP contribution in [0.5, 0.6) is 0 Å². The van der Waals surface area contributed by atoms with Crippen LogP contribution in [0.25, 0.3) is 0 Å². The van der Waals surface area contributed by atoms with E-state index < -0.39 is 17.9 Å². The highest BCUT2D eigenvalue weighted by atomic mass is 16.7. The minimum Gasteiger partial charge on any atom is -0.466 e. The van der Waals surface area contributed by atoms with Crippen molar-refractivity contribution in [2.24, 2.45) is 23.7 Å². The fourth-order valence-corrected chi connectivity index (χ4v) is 4.08. The molecule has 0 saturated carbocycles. The van der Waals surface area contributed by atoms with Crippen LogP contribution in [0.1, 0.15) is 41.0 Å². The summed E-state index contributed by atoms with van der Waals surface area (Å²) in [6.07, 6.45) is 11.3. The molecular formula is C22H34O5. The van der Waals surface area contributed by atoms with Gasteiger partial charge < -0.3 is 19.3 Å². The Hall–Kier alpha value is -1.43. The number of rotatable bonds is 5. The molecule has 2 rings (SSSR count). The first-order valence-electron chi connectivity index (χ1n) is 9.91. The zero-order valence-corrected chi connectivity index (χ0v) is 17.3. The third-order valence-electron chi connectivity index (χ3n) is 6.02. The second kappa shape index (κ2) is 9.18. The molecule has 0 radical (unpaired) electrons. The van der Waals surface area contributed by atoms with Crippen molar-refractivity contribution in [2.45, 2.75) is 65.1 Å². The smallest absolute Gasteiger partial charge is 0.330 e. The first kappa shape index (κ1) is 21.9. The average molecular weight is 379 g/mol. The van der Waals surface area contributed by atoms with Crippen LogP contribution >= 0.6 is 0 Å². The van der Waals surface area contributed by atoms with Gasteiger partial charge >= 0.3 is 5.97 Å². The van der Waals surface area contributed by atoms with E-state index in [9.17, 15) is 9.90 Å².